The van der Waals surface area contributed by atoms with E-state index >= 15 is 0 Å². The fraction of sp³-hybridized carbons (Fsp3) is 0.0435. The molecule has 6 nitrogen and oxygen atoms in total. The first-order valence-corrected chi connectivity index (χ1v) is 12.2. The van der Waals surface area contributed by atoms with Crippen molar-refractivity contribution in [3.05, 3.63) is 91.9 Å². The van der Waals surface area contributed by atoms with Crippen molar-refractivity contribution in [3.8, 4) is 11.8 Å². The number of para-hydroxylation sites is 1. The summed E-state index contributed by atoms with van der Waals surface area (Å²) in [6, 6.07) is 17.3. The molecule has 0 aliphatic rings. The van der Waals surface area contributed by atoms with Crippen molar-refractivity contribution in [2.45, 2.75) is 11.8 Å². The lowest BCUT2D eigenvalue weighted by Crippen LogP contribution is -2.14. The molecule has 0 aromatic heterocycles. The van der Waals surface area contributed by atoms with Gasteiger partial charge in [0.25, 0.3) is 5.91 Å². The first kappa shape index (κ1) is 24.8. The van der Waals surface area contributed by atoms with E-state index in [1.54, 1.807) is 30.3 Å². The molecule has 3 aromatic carbocycles. The quantitative estimate of drug-likeness (QED) is 0.212. The Kier molecular flexibility index (Phi) is 7.82. The van der Waals surface area contributed by atoms with Gasteiger partial charge in [0.05, 0.1) is 20.2 Å². The minimum absolute atomic E-state index is 0.0191. The minimum atomic E-state index is -4.04. The molecule has 1 N–H and O–H groups in total. The van der Waals surface area contributed by atoms with Crippen LogP contribution in [0.1, 0.15) is 11.1 Å². The lowest BCUT2D eigenvalue weighted by Gasteiger charge is -2.10. The monoisotopic (exact) mass is 564 g/mol. The van der Waals surface area contributed by atoms with Gasteiger partial charge in [-0.3, -0.25) is 4.79 Å². The van der Waals surface area contributed by atoms with Gasteiger partial charge in [0.2, 0.25) is 0 Å². The summed E-state index contributed by atoms with van der Waals surface area (Å²) in [6.45, 7) is 1.85. The number of amides is 1. The van der Waals surface area contributed by atoms with Crippen LogP contribution in [0.3, 0.4) is 0 Å². The van der Waals surface area contributed by atoms with E-state index in [0.29, 0.717) is 10.0 Å². The molecule has 0 radical (unpaired) electrons. The molecular formula is C23H15BrCl2N2O4S. The molecule has 0 bridgehead atoms. The Bertz CT molecular complexity index is 1380. The van der Waals surface area contributed by atoms with Crippen molar-refractivity contribution in [1.82, 2.24) is 0 Å². The van der Waals surface area contributed by atoms with Gasteiger partial charge in [-0.2, -0.15) is 13.7 Å². The van der Waals surface area contributed by atoms with Crippen molar-refractivity contribution >= 4 is 66.9 Å². The van der Waals surface area contributed by atoms with Crippen LogP contribution in [-0.2, 0) is 14.9 Å². The first-order chi connectivity index (χ1) is 15.6. The van der Waals surface area contributed by atoms with E-state index in [-0.39, 0.29) is 32.0 Å². The Morgan fingerprint density at radius 3 is 2.30 bits per heavy atom. The molecule has 0 fully saturated rings. The van der Waals surface area contributed by atoms with Crippen LogP contribution in [0.25, 0.3) is 6.08 Å². The molecule has 33 heavy (non-hydrogen) atoms. The van der Waals surface area contributed by atoms with Crippen LogP contribution >= 0.6 is 39.1 Å². The van der Waals surface area contributed by atoms with Crippen molar-refractivity contribution in [3.63, 3.8) is 0 Å². The molecule has 0 saturated carbocycles. The normalized spacial score (nSPS) is 11.5. The van der Waals surface area contributed by atoms with E-state index in [0.717, 1.165) is 5.56 Å². The first-order valence-electron chi connectivity index (χ1n) is 9.28. The van der Waals surface area contributed by atoms with E-state index in [1.807, 2.05) is 13.0 Å². The number of benzene rings is 3. The number of anilines is 1. The number of aryl methyl sites for hydroxylation is 1. The summed E-state index contributed by atoms with van der Waals surface area (Å²) in [5, 5.41) is 12.4. The zero-order valence-corrected chi connectivity index (χ0v) is 20.9. The summed E-state index contributed by atoms with van der Waals surface area (Å²) in [5.74, 6) is -0.649. The smallest absolute Gasteiger partial charge is 0.339 e. The molecule has 10 heteroatoms. The van der Waals surface area contributed by atoms with Crippen molar-refractivity contribution < 1.29 is 17.4 Å². The maximum Gasteiger partial charge on any atom is 0.339 e. The maximum atomic E-state index is 12.5. The van der Waals surface area contributed by atoms with E-state index in [2.05, 4.69) is 21.2 Å². The summed E-state index contributed by atoms with van der Waals surface area (Å²) >= 11 is 15.4. The molecule has 3 rings (SSSR count). The number of carbonyl (C=O) groups is 1. The molecule has 0 atom stereocenters. The third kappa shape index (κ3) is 6.15. The molecule has 0 unspecified atom stereocenters. The fourth-order valence-electron chi connectivity index (χ4n) is 2.66. The maximum absolute atomic E-state index is 12.5. The summed E-state index contributed by atoms with van der Waals surface area (Å²) in [6.07, 6.45) is 1.34. The number of hydrogen-bond acceptors (Lipinski definition) is 5. The van der Waals surface area contributed by atoms with Crippen LogP contribution in [0, 0.1) is 18.3 Å². The van der Waals surface area contributed by atoms with E-state index in [4.69, 9.17) is 27.4 Å². The van der Waals surface area contributed by atoms with Crippen molar-refractivity contribution in [1.29, 1.82) is 5.26 Å². The molecule has 0 aliphatic heterocycles. The summed E-state index contributed by atoms with van der Waals surface area (Å²) in [5.41, 5.74) is 1.36. The van der Waals surface area contributed by atoms with Gasteiger partial charge in [0, 0.05) is 0 Å². The Morgan fingerprint density at radius 1 is 1.09 bits per heavy atom. The zero-order valence-electron chi connectivity index (χ0n) is 17.0. The molecule has 3 aromatic rings. The van der Waals surface area contributed by atoms with Crippen molar-refractivity contribution in [2.75, 3.05) is 5.32 Å². The summed E-state index contributed by atoms with van der Waals surface area (Å²) in [4.78, 5) is 12.6. The standard InChI is InChI=1S/C23H15BrCl2N2O4S/c1-14-5-8-17(9-6-14)33(30,31)32-21-10-7-15(12-18(21)24)11-16(13-27)23(29)28-22-19(25)3-2-4-20(22)26/h2-12H,1H3,(H,28,29)/b16-11+. The van der Waals surface area contributed by atoms with Gasteiger partial charge in [-0.05, 0) is 70.9 Å². The van der Waals surface area contributed by atoms with Crippen LogP contribution in [0.2, 0.25) is 10.0 Å². The minimum Gasteiger partial charge on any atom is -0.378 e. The highest BCUT2D eigenvalue weighted by molar-refractivity contribution is 9.10. The van der Waals surface area contributed by atoms with Gasteiger partial charge in [-0.1, -0.05) is 53.0 Å². The number of nitrogens with zero attached hydrogens (tertiary/aromatic N) is 1. The third-order valence-electron chi connectivity index (χ3n) is 4.34. The number of rotatable bonds is 6. The second-order valence-corrected chi connectivity index (χ2v) is 9.98. The van der Waals surface area contributed by atoms with E-state index in [1.165, 1.54) is 36.4 Å². The van der Waals surface area contributed by atoms with Crippen molar-refractivity contribution in [2.24, 2.45) is 0 Å². The van der Waals surface area contributed by atoms with Gasteiger partial charge >= 0.3 is 10.1 Å². The molecule has 0 heterocycles. The van der Waals surface area contributed by atoms with Gasteiger partial charge in [0.1, 0.15) is 16.5 Å². The molecule has 1 amide bonds. The largest absolute Gasteiger partial charge is 0.378 e. The second-order valence-electron chi connectivity index (χ2n) is 6.76. The van der Waals surface area contributed by atoms with Crippen LogP contribution in [0.5, 0.6) is 5.75 Å². The highest BCUT2D eigenvalue weighted by atomic mass is 79.9. The van der Waals surface area contributed by atoms with Gasteiger partial charge < -0.3 is 9.50 Å². The highest BCUT2D eigenvalue weighted by Gasteiger charge is 2.19. The van der Waals surface area contributed by atoms with Crippen LogP contribution in [0.15, 0.2) is 75.6 Å². The number of hydrogen-bond donors (Lipinski definition) is 1. The Morgan fingerprint density at radius 2 is 1.73 bits per heavy atom. The number of nitriles is 1. The molecule has 168 valence electrons. The molecule has 0 aliphatic carbocycles. The zero-order chi connectivity index (χ0) is 24.2. The van der Waals surface area contributed by atoms with E-state index < -0.39 is 16.0 Å². The average molecular weight is 566 g/mol. The summed E-state index contributed by atoms with van der Waals surface area (Å²) < 4.78 is 30.6. The van der Waals surface area contributed by atoms with Gasteiger partial charge in [-0.15, -0.1) is 0 Å². The van der Waals surface area contributed by atoms with Gasteiger partial charge in [0.15, 0.2) is 5.75 Å². The topological polar surface area (TPSA) is 96.3 Å². The van der Waals surface area contributed by atoms with Crippen LogP contribution in [0.4, 0.5) is 5.69 Å². The second kappa shape index (κ2) is 10.4. The Balaban J connectivity index is 1.82. The molecular weight excluding hydrogens is 551 g/mol. The van der Waals surface area contributed by atoms with Gasteiger partial charge in [-0.25, -0.2) is 0 Å². The molecule has 0 spiro atoms. The van der Waals surface area contributed by atoms with E-state index in [9.17, 15) is 18.5 Å². The number of nitrogens with one attached hydrogen (secondary N) is 1. The lowest BCUT2D eigenvalue weighted by atomic mass is 10.1. The predicted octanol–water partition coefficient (Wildman–Crippen LogP) is 6.38. The number of halogens is 3. The highest BCUT2D eigenvalue weighted by Crippen LogP contribution is 2.31. The van der Waals surface area contributed by atoms with Crippen LogP contribution < -0.4 is 9.50 Å². The third-order valence-corrected chi connectivity index (χ3v) is 6.84. The lowest BCUT2D eigenvalue weighted by molar-refractivity contribution is -0.112. The number of carbonyl (C=O) groups excluding carboxylic acids is 1. The van der Waals surface area contributed by atoms with Crippen LogP contribution in [-0.4, -0.2) is 14.3 Å². The molecule has 0 saturated heterocycles. The fourth-order valence-corrected chi connectivity index (χ4v) is 4.68. The summed E-state index contributed by atoms with van der Waals surface area (Å²) in [7, 11) is -4.04. The average Bonchev–Trinajstić information content (AvgIpc) is 2.76. The SMILES string of the molecule is Cc1ccc(S(=O)(=O)Oc2ccc(/C=C(\C#N)C(=O)Nc3c(Cl)cccc3Cl)cc2Br)cc1. The predicted molar refractivity (Wildman–Crippen MR) is 132 cm³/mol. The Hall–Kier alpha value is -2.83. The Labute approximate surface area is 209 Å².